The van der Waals surface area contributed by atoms with Crippen molar-refractivity contribution in [1.82, 2.24) is 0 Å². The van der Waals surface area contributed by atoms with Gasteiger partial charge >= 0.3 is 0 Å². The molecule has 0 spiro atoms. The van der Waals surface area contributed by atoms with Gasteiger partial charge in [-0.25, -0.2) is 0 Å². The van der Waals surface area contributed by atoms with Gasteiger partial charge < -0.3 is 0 Å². The number of rotatable bonds is 5. The van der Waals surface area contributed by atoms with Gasteiger partial charge in [0, 0.05) is 0 Å². The van der Waals surface area contributed by atoms with Gasteiger partial charge in [0.2, 0.25) is 0 Å². The van der Waals surface area contributed by atoms with Crippen molar-refractivity contribution in [2.75, 3.05) is 23.5 Å². The zero-order valence-corrected chi connectivity index (χ0v) is 7.28. The molecule has 0 saturated heterocycles. The van der Waals surface area contributed by atoms with Gasteiger partial charge in [-0.2, -0.15) is 23.5 Å². The molecule has 0 aliphatic heterocycles. The molecule has 0 amide bonds. The average molecular weight is 150 g/mol. The maximum Gasteiger partial charge on any atom is -0.00598 e. The molecule has 0 atom stereocenters. The number of hydrogen-bond donors (Lipinski definition) is 0. The smallest absolute Gasteiger partial charge is 0.00598 e. The summed E-state index contributed by atoms with van der Waals surface area (Å²) in [4.78, 5) is 0. The van der Waals surface area contributed by atoms with Crippen LogP contribution >= 0.6 is 23.5 Å². The highest BCUT2D eigenvalue weighted by molar-refractivity contribution is 7.99. The molecule has 0 aromatic rings. The Labute approximate surface area is 60.8 Å². The second-order valence-corrected chi connectivity index (χ2v) is 3.92. The molecule has 0 N–H and O–H groups in total. The van der Waals surface area contributed by atoms with Gasteiger partial charge in [0.1, 0.15) is 0 Å². The van der Waals surface area contributed by atoms with Gasteiger partial charge in [-0.15, -0.1) is 0 Å². The Morgan fingerprint density at radius 3 is 2.50 bits per heavy atom. The summed E-state index contributed by atoms with van der Waals surface area (Å²) in [6.07, 6.45) is 3.54. The summed E-state index contributed by atoms with van der Waals surface area (Å²) >= 11 is 3.97. The van der Waals surface area contributed by atoms with E-state index in [1.54, 1.807) is 0 Å². The van der Waals surface area contributed by atoms with Crippen molar-refractivity contribution >= 4 is 23.5 Å². The number of thioether (sulfide) groups is 2. The van der Waals surface area contributed by atoms with Crippen molar-refractivity contribution in [3.05, 3.63) is 0 Å². The molecule has 0 fully saturated rings. The third-order valence-electron chi connectivity index (χ3n) is 0.841. The van der Waals surface area contributed by atoms with Crippen LogP contribution in [-0.4, -0.2) is 23.5 Å². The van der Waals surface area contributed by atoms with Crippen LogP contribution in [0.1, 0.15) is 13.3 Å². The molecule has 0 rings (SSSR count). The lowest BCUT2D eigenvalue weighted by atomic mass is 10.6. The summed E-state index contributed by atoms with van der Waals surface area (Å²) in [5.41, 5.74) is 0. The van der Waals surface area contributed by atoms with E-state index in [2.05, 4.69) is 13.2 Å². The van der Waals surface area contributed by atoms with Crippen LogP contribution in [0.3, 0.4) is 0 Å². The highest BCUT2D eigenvalue weighted by atomic mass is 32.2. The Bertz CT molecular complexity index is 31.5. The molecule has 0 aromatic heterocycles. The Morgan fingerprint density at radius 2 is 2.00 bits per heavy atom. The molecular formula is C6H14S2. The van der Waals surface area contributed by atoms with E-state index in [1.165, 1.54) is 23.7 Å². The van der Waals surface area contributed by atoms with E-state index < -0.39 is 0 Å². The Balaban J connectivity index is 2.53. The second kappa shape index (κ2) is 7.70. The Morgan fingerprint density at radius 1 is 1.25 bits per heavy atom. The fraction of sp³-hybridized carbons (Fsp3) is 1.00. The minimum atomic E-state index is 1.27. The molecule has 0 aliphatic carbocycles. The molecule has 0 radical (unpaired) electrons. The van der Waals surface area contributed by atoms with Crippen LogP contribution in [0.4, 0.5) is 0 Å². The first-order valence-electron chi connectivity index (χ1n) is 2.98. The van der Waals surface area contributed by atoms with Crippen LogP contribution in [0.25, 0.3) is 0 Å². The molecule has 8 heavy (non-hydrogen) atoms. The van der Waals surface area contributed by atoms with Crippen molar-refractivity contribution in [2.24, 2.45) is 0 Å². The van der Waals surface area contributed by atoms with Crippen LogP contribution in [0.15, 0.2) is 0 Å². The van der Waals surface area contributed by atoms with E-state index in [0.717, 1.165) is 0 Å². The van der Waals surface area contributed by atoms with Gasteiger partial charge in [-0.1, -0.05) is 6.92 Å². The summed E-state index contributed by atoms with van der Waals surface area (Å²) in [6.45, 7) is 2.21. The van der Waals surface area contributed by atoms with Crippen LogP contribution in [0.2, 0.25) is 0 Å². The van der Waals surface area contributed by atoms with Crippen molar-refractivity contribution < 1.29 is 0 Å². The van der Waals surface area contributed by atoms with E-state index in [9.17, 15) is 0 Å². The average Bonchev–Trinajstić information content (AvgIpc) is 1.81. The zero-order chi connectivity index (χ0) is 6.24. The van der Waals surface area contributed by atoms with E-state index in [4.69, 9.17) is 0 Å². The predicted octanol–water partition coefficient (Wildman–Crippen LogP) is 2.49. The molecule has 2 heteroatoms. The quantitative estimate of drug-likeness (QED) is 0.552. The molecule has 0 unspecified atom stereocenters. The SMILES string of the molecule is CCSCCCSC. The predicted molar refractivity (Wildman–Crippen MR) is 46.0 cm³/mol. The van der Waals surface area contributed by atoms with Gasteiger partial charge in [-0.3, -0.25) is 0 Å². The summed E-state index contributed by atoms with van der Waals surface area (Å²) in [5.74, 6) is 3.94. The third-order valence-corrected chi connectivity index (χ3v) is 2.52. The molecule has 0 heterocycles. The Kier molecular flexibility index (Phi) is 8.37. The standard InChI is InChI=1S/C6H14S2/c1-3-8-6-4-5-7-2/h3-6H2,1-2H3. The highest BCUT2D eigenvalue weighted by Crippen LogP contribution is 2.03. The molecular weight excluding hydrogens is 136 g/mol. The molecule has 0 aromatic carbocycles. The van der Waals surface area contributed by atoms with E-state index in [-0.39, 0.29) is 0 Å². The maximum absolute atomic E-state index is 2.21. The van der Waals surface area contributed by atoms with Gasteiger partial charge in [0.15, 0.2) is 0 Å². The van der Waals surface area contributed by atoms with Crippen LogP contribution in [-0.2, 0) is 0 Å². The first-order valence-corrected chi connectivity index (χ1v) is 5.53. The molecule has 0 saturated carbocycles. The molecule has 0 aliphatic rings. The first kappa shape index (κ1) is 8.70. The molecule has 0 nitrogen and oxygen atoms in total. The van der Waals surface area contributed by atoms with Gasteiger partial charge in [0.05, 0.1) is 0 Å². The number of hydrogen-bond acceptors (Lipinski definition) is 2. The van der Waals surface area contributed by atoms with Crippen LogP contribution in [0, 0.1) is 0 Å². The van der Waals surface area contributed by atoms with E-state index >= 15 is 0 Å². The van der Waals surface area contributed by atoms with Gasteiger partial charge in [-0.05, 0) is 29.9 Å². The minimum Gasteiger partial charge on any atom is -0.165 e. The van der Waals surface area contributed by atoms with Crippen LogP contribution in [0.5, 0.6) is 0 Å². The van der Waals surface area contributed by atoms with Crippen molar-refractivity contribution in [3.63, 3.8) is 0 Å². The normalized spacial score (nSPS) is 9.75. The monoisotopic (exact) mass is 150 g/mol. The lowest BCUT2D eigenvalue weighted by Gasteiger charge is -1.94. The van der Waals surface area contributed by atoms with Crippen molar-refractivity contribution in [1.29, 1.82) is 0 Å². The molecule has 0 bridgehead atoms. The molecule has 50 valence electrons. The summed E-state index contributed by atoms with van der Waals surface area (Å²) in [7, 11) is 0. The summed E-state index contributed by atoms with van der Waals surface area (Å²) in [5, 5.41) is 0. The zero-order valence-electron chi connectivity index (χ0n) is 5.64. The highest BCUT2D eigenvalue weighted by Gasteiger charge is 1.83. The first-order chi connectivity index (χ1) is 3.91. The topological polar surface area (TPSA) is 0 Å². The fourth-order valence-electron chi connectivity index (χ4n) is 0.450. The summed E-state index contributed by atoms with van der Waals surface area (Å²) < 4.78 is 0. The summed E-state index contributed by atoms with van der Waals surface area (Å²) in [6, 6.07) is 0. The fourth-order valence-corrected chi connectivity index (χ4v) is 1.70. The Hall–Kier alpha value is 0.700. The van der Waals surface area contributed by atoms with Crippen molar-refractivity contribution in [3.8, 4) is 0 Å². The minimum absolute atomic E-state index is 1.27. The lowest BCUT2D eigenvalue weighted by molar-refractivity contribution is 1.12. The van der Waals surface area contributed by atoms with E-state index in [1.807, 2.05) is 23.5 Å². The lowest BCUT2D eigenvalue weighted by Crippen LogP contribution is -1.82. The maximum atomic E-state index is 2.21. The second-order valence-electron chi connectivity index (χ2n) is 1.54. The van der Waals surface area contributed by atoms with E-state index in [0.29, 0.717) is 0 Å². The van der Waals surface area contributed by atoms with Gasteiger partial charge in [0.25, 0.3) is 0 Å². The largest absolute Gasteiger partial charge is 0.165 e. The third kappa shape index (κ3) is 6.70. The van der Waals surface area contributed by atoms with Crippen LogP contribution < -0.4 is 0 Å². The van der Waals surface area contributed by atoms with Crippen molar-refractivity contribution in [2.45, 2.75) is 13.3 Å².